The molecule has 0 amide bonds. The minimum atomic E-state index is -0.703. The first-order valence-electron chi connectivity index (χ1n) is 9.05. The molecule has 0 saturated carbocycles. The number of aliphatic hydroxyl groups excluding tert-OH is 1. The van der Waals surface area contributed by atoms with E-state index in [1.54, 1.807) is 6.08 Å². The van der Waals surface area contributed by atoms with Gasteiger partial charge in [0.2, 0.25) is 0 Å². The van der Waals surface area contributed by atoms with Crippen LogP contribution in [0, 0.1) is 11.8 Å². The van der Waals surface area contributed by atoms with E-state index in [2.05, 4.69) is 26.8 Å². The highest BCUT2D eigenvalue weighted by Crippen LogP contribution is 2.33. The number of hydrogen-bond donors (Lipinski definition) is 1. The maximum absolute atomic E-state index is 11.6. The van der Waals surface area contributed by atoms with Crippen LogP contribution in [0.3, 0.4) is 0 Å². The van der Waals surface area contributed by atoms with Crippen molar-refractivity contribution in [2.24, 2.45) is 11.8 Å². The zero-order valence-electron chi connectivity index (χ0n) is 16.1. The summed E-state index contributed by atoms with van der Waals surface area (Å²) in [6.07, 6.45) is 8.25. The lowest BCUT2D eigenvalue weighted by Crippen LogP contribution is -2.40. The molecule has 0 radical (unpaired) electrons. The lowest BCUT2D eigenvalue weighted by Gasteiger charge is -2.35. The molecule has 0 heterocycles. The highest BCUT2D eigenvalue weighted by molar-refractivity contribution is 5.76. The van der Waals surface area contributed by atoms with Crippen LogP contribution in [0.2, 0.25) is 0 Å². The summed E-state index contributed by atoms with van der Waals surface area (Å²) in [5, 5.41) is 10.9. The van der Waals surface area contributed by atoms with Gasteiger partial charge < -0.3 is 9.84 Å². The van der Waals surface area contributed by atoms with E-state index < -0.39 is 18.2 Å². The standard InChI is InChI=1S/C21H32O4/c1-14(2)8-6-10-16(4)20-19(24)12-15(3)9-7-11-18(13-22)21(20)25-17(5)23/h8-9,11,13,16,19-21,24H,6-7,10,12H2,1-5H3/b15-9-,18-11-/t16-,19-,20-,21-/m1/s1. The van der Waals surface area contributed by atoms with E-state index in [1.165, 1.54) is 12.5 Å². The molecule has 0 bridgehead atoms. The predicted molar refractivity (Wildman–Crippen MR) is 100 cm³/mol. The summed E-state index contributed by atoms with van der Waals surface area (Å²) >= 11 is 0. The van der Waals surface area contributed by atoms with Gasteiger partial charge in [-0.2, -0.15) is 0 Å². The number of aldehydes is 1. The molecule has 0 fully saturated rings. The van der Waals surface area contributed by atoms with Crippen LogP contribution >= 0.6 is 0 Å². The lowest BCUT2D eigenvalue weighted by atomic mass is 9.77. The fraction of sp³-hybridized carbons (Fsp3) is 0.619. The first-order valence-corrected chi connectivity index (χ1v) is 9.05. The van der Waals surface area contributed by atoms with Gasteiger partial charge in [0.05, 0.1) is 6.10 Å². The number of allylic oxidation sites excluding steroid dienone is 4. The second-order valence-corrected chi connectivity index (χ2v) is 7.32. The van der Waals surface area contributed by atoms with Crippen LogP contribution in [0.15, 0.2) is 34.9 Å². The molecule has 0 aromatic rings. The van der Waals surface area contributed by atoms with Crippen molar-refractivity contribution in [2.45, 2.75) is 72.5 Å². The lowest BCUT2D eigenvalue weighted by molar-refractivity contribution is -0.150. The predicted octanol–water partition coefficient (Wildman–Crippen LogP) is 4.14. The van der Waals surface area contributed by atoms with Gasteiger partial charge in [-0.1, -0.05) is 36.3 Å². The van der Waals surface area contributed by atoms with Crippen molar-refractivity contribution in [1.29, 1.82) is 0 Å². The molecule has 1 rings (SSSR count). The third-order valence-corrected chi connectivity index (χ3v) is 4.73. The van der Waals surface area contributed by atoms with Gasteiger partial charge in [-0.15, -0.1) is 0 Å². The van der Waals surface area contributed by atoms with E-state index in [1.807, 2.05) is 13.0 Å². The van der Waals surface area contributed by atoms with Crippen LogP contribution in [0.4, 0.5) is 0 Å². The second-order valence-electron chi connectivity index (χ2n) is 7.32. The van der Waals surface area contributed by atoms with E-state index in [4.69, 9.17) is 4.74 Å². The fourth-order valence-electron chi connectivity index (χ4n) is 3.43. The number of hydrogen-bond acceptors (Lipinski definition) is 4. The van der Waals surface area contributed by atoms with Crippen molar-refractivity contribution >= 4 is 12.3 Å². The SMILES string of the molecule is CC(=O)O[C@@H]1/C(C=O)=C\C/C=C(/C)C[C@@H](O)[C@H]1[C@H](C)CCC=C(C)C. The molecule has 0 saturated heterocycles. The molecule has 0 aliphatic heterocycles. The molecule has 0 aromatic heterocycles. The Balaban J connectivity index is 3.18. The van der Waals surface area contributed by atoms with Crippen LogP contribution in [-0.4, -0.2) is 29.6 Å². The maximum Gasteiger partial charge on any atom is 0.303 e. The minimum Gasteiger partial charge on any atom is -0.457 e. The number of ether oxygens (including phenoxy) is 1. The van der Waals surface area contributed by atoms with Gasteiger partial charge in [0.15, 0.2) is 0 Å². The smallest absolute Gasteiger partial charge is 0.303 e. The number of carbonyl (C=O) groups excluding carboxylic acids is 2. The van der Waals surface area contributed by atoms with E-state index in [0.29, 0.717) is 18.4 Å². The van der Waals surface area contributed by atoms with Gasteiger partial charge in [0, 0.05) is 18.4 Å². The average Bonchev–Trinajstić information content (AvgIpc) is 2.54. The molecule has 0 aromatic carbocycles. The van der Waals surface area contributed by atoms with Crippen molar-refractivity contribution in [3.05, 3.63) is 34.9 Å². The Morgan fingerprint density at radius 3 is 2.60 bits per heavy atom. The third kappa shape index (κ3) is 6.99. The quantitative estimate of drug-likeness (QED) is 0.445. The first-order chi connectivity index (χ1) is 11.8. The Morgan fingerprint density at radius 2 is 2.04 bits per heavy atom. The normalized spacial score (nSPS) is 29.6. The van der Waals surface area contributed by atoms with Crippen LogP contribution in [0.25, 0.3) is 0 Å². The van der Waals surface area contributed by atoms with E-state index in [9.17, 15) is 14.7 Å². The summed E-state index contributed by atoms with van der Waals surface area (Å²) in [7, 11) is 0. The molecule has 140 valence electrons. The molecule has 4 heteroatoms. The Hall–Kier alpha value is -1.68. The van der Waals surface area contributed by atoms with Gasteiger partial charge in [0.1, 0.15) is 12.4 Å². The first kappa shape index (κ1) is 21.4. The molecule has 25 heavy (non-hydrogen) atoms. The van der Waals surface area contributed by atoms with Crippen molar-refractivity contribution in [3.63, 3.8) is 0 Å². The molecular formula is C21H32O4. The summed E-state index contributed by atoms with van der Waals surface area (Å²) in [4.78, 5) is 23.2. The van der Waals surface area contributed by atoms with Crippen molar-refractivity contribution in [1.82, 2.24) is 0 Å². The molecule has 1 N–H and O–H groups in total. The Bertz CT molecular complexity index is 552. The van der Waals surface area contributed by atoms with Gasteiger partial charge in [-0.25, -0.2) is 0 Å². The molecule has 0 spiro atoms. The Morgan fingerprint density at radius 1 is 1.36 bits per heavy atom. The zero-order valence-corrected chi connectivity index (χ0v) is 16.1. The topological polar surface area (TPSA) is 63.6 Å². The number of rotatable bonds is 6. The highest BCUT2D eigenvalue weighted by Gasteiger charge is 2.37. The number of aliphatic hydroxyl groups is 1. The van der Waals surface area contributed by atoms with Crippen LogP contribution in [0.5, 0.6) is 0 Å². The minimum absolute atomic E-state index is 0.101. The summed E-state index contributed by atoms with van der Waals surface area (Å²) < 4.78 is 5.52. The van der Waals surface area contributed by atoms with E-state index in [0.717, 1.165) is 24.7 Å². The van der Waals surface area contributed by atoms with Crippen molar-refractivity contribution < 1.29 is 19.4 Å². The van der Waals surface area contributed by atoms with E-state index >= 15 is 0 Å². The van der Waals surface area contributed by atoms with Crippen LogP contribution in [0.1, 0.15) is 60.3 Å². The van der Waals surface area contributed by atoms with Crippen LogP contribution in [-0.2, 0) is 14.3 Å². The molecule has 0 unspecified atom stereocenters. The van der Waals surface area contributed by atoms with Crippen molar-refractivity contribution in [3.8, 4) is 0 Å². The van der Waals surface area contributed by atoms with Gasteiger partial charge in [-0.3, -0.25) is 9.59 Å². The fourth-order valence-corrected chi connectivity index (χ4v) is 3.43. The molecule has 1 aliphatic rings. The van der Waals surface area contributed by atoms with Gasteiger partial charge in [0.25, 0.3) is 0 Å². The largest absolute Gasteiger partial charge is 0.457 e. The third-order valence-electron chi connectivity index (χ3n) is 4.73. The number of carbonyl (C=O) groups is 2. The molecular weight excluding hydrogens is 316 g/mol. The Kier molecular flexibility index (Phi) is 8.84. The van der Waals surface area contributed by atoms with Gasteiger partial charge in [-0.05, 0) is 52.4 Å². The van der Waals surface area contributed by atoms with Gasteiger partial charge >= 0.3 is 5.97 Å². The summed E-state index contributed by atoms with van der Waals surface area (Å²) in [6.45, 7) is 9.50. The van der Waals surface area contributed by atoms with Crippen molar-refractivity contribution in [2.75, 3.05) is 0 Å². The summed E-state index contributed by atoms with van der Waals surface area (Å²) in [6, 6.07) is 0. The Labute approximate surface area is 151 Å². The number of esters is 1. The van der Waals surface area contributed by atoms with Crippen LogP contribution < -0.4 is 0 Å². The molecule has 4 nitrogen and oxygen atoms in total. The molecule has 4 atom stereocenters. The van der Waals surface area contributed by atoms with E-state index in [-0.39, 0.29) is 11.8 Å². The average molecular weight is 348 g/mol. The monoisotopic (exact) mass is 348 g/mol. The summed E-state index contributed by atoms with van der Waals surface area (Å²) in [5.41, 5.74) is 2.78. The zero-order chi connectivity index (χ0) is 19.0. The second kappa shape index (κ2) is 10.3. The highest BCUT2D eigenvalue weighted by atomic mass is 16.5. The maximum atomic E-state index is 11.6. The molecule has 1 aliphatic carbocycles. The summed E-state index contributed by atoms with van der Waals surface area (Å²) in [5.74, 6) is -0.646.